The van der Waals surface area contributed by atoms with E-state index in [0.29, 0.717) is 0 Å². The molecule has 0 spiro atoms. The second-order valence-electron chi connectivity index (χ2n) is 5.36. The van der Waals surface area contributed by atoms with Crippen molar-refractivity contribution in [3.8, 4) is 11.3 Å². The average molecular weight is 273 g/mol. The molecule has 3 nitrogen and oxygen atoms in total. The SMILES string of the molecule is Cc1n[nH]c2c1nc(-c1ccccc1)c1cccc(C)c12. The number of hydrogen-bond donors (Lipinski definition) is 1. The van der Waals surface area contributed by atoms with Crippen LogP contribution in [0.3, 0.4) is 0 Å². The fourth-order valence-electron chi connectivity index (χ4n) is 2.92. The molecule has 0 unspecified atom stereocenters. The second kappa shape index (κ2) is 4.42. The molecular weight excluding hydrogens is 258 g/mol. The molecule has 102 valence electrons. The molecule has 0 amide bonds. The predicted octanol–water partition coefficient (Wildman–Crippen LogP) is 4.39. The third-order valence-corrected chi connectivity index (χ3v) is 3.96. The zero-order valence-electron chi connectivity index (χ0n) is 12.0. The van der Waals surface area contributed by atoms with E-state index in [0.717, 1.165) is 33.4 Å². The van der Waals surface area contributed by atoms with Gasteiger partial charge >= 0.3 is 0 Å². The summed E-state index contributed by atoms with van der Waals surface area (Å²) in [5.41, 5.74) is 6.31. The zero-order chi connectivity index (χ0) is 14.4. The van der Waals surface area contributed by atoms with Gasteiger partial charge in [-0.25, -0.2) is 4.98 Å². The van der Waals surface area contributed by atoms with E-state index in [1.807, 2.05) is 25.1 Å². The Bertz CT molecular complexity index is 952. The number of fused-ring (bicyclic) bond motifs is 3. The van der Waals surface area contributed by atoms with Gasteiger partial charge in [0, 0.05) is 16.3 Å². The quantitative estimate of drug-likeness (QED) is 0.558. The van der Waals surface area contributed by atoms with Crippen molar-refractivity contribution in [2.45, 2.75) is 13.8 Å². The summed E-state index contributed by atoms with van der Waals surface area (Å²) in [4.78, 5) is 4.88. The molecule has 0 aliphatic heterocycles. The molecule has 1 N–H and O–H groups in total. The Morgan fingerprint density at radius 3 is 2.52 bits per heavy atom. The molecule has 0 fully saturated rings. The lowest BCUT2D eigenvalue weighted by molar-refractivity contribution is 1.07. The normalized spacial score (nSPS) is 11.3. The minimum absolute atomic E-state index is 0.937. The van der Waals surface area contributed by atoms with Crippen molar-refractivity contribution in [1.82, 2.24) is 15.2 Å². The standard InChI is InChI=1S/C18H15N3/c1-11-7-6-10-14-15(11)18-16(12(2)20-21-18)19-17(14)13-8-4-3-5-9-13/h3-10H,1-2H3,(H,20,21). The van der Waals surface area contributed by atoms with Crippen LogP contribution in [-0.4, -0.2) is 15.2 Å². The molecule has 4 rings (SSSR count). The molecule has 2 aromatic heterocycles. The molecule has 0 saturated heterocycles. The summed E-state index contributed by atoms with van der Waals surface area (Å²) in [6.07, 6.45) is 0. The Balaban J connectivity index is 2.24. The molecule has 0 radical (unpaired) electrons. The van der Waals surface area contributed by atoms with E-state index in [-0.39, 0.29) is 0 Å². The minimum Gasteiger partial charge on any atom is -0.275 e. The van der Waals surface area contributed by atoms with Crippen molar-refractivity contribution < 1.29 is 0 Å². The van der Waals surface area contributed by atoms with E-state index in [4.69, 9.17) is 4.98 Å². The van der Waals surface area contributed by atoms with Crippen LogP contribution in [0.5, 0.6) is 0 Å². The summed E-state index contributed by atoms with van der Waals surface area (Å²) in [6, 6.07) is 16.7. The number of aryl methyl sites for hydroxylation is 2. The zero-order valence-corrected chi connectivity index (χ0v) is 12.0. The van der Waals surface area contributed by atoms with Gasteiger partial charge in [-0.3, -0.25) is 5.10 Å². The molecule has 0 aliphatic carbocycles. The van der Waals surface area contributed by atoms with Crippen LogP contribution in [0, 0.1) is 13.8 Å². The Labute approximate surface area is 122 Å². The summed E-state index contributed by atoms with van der Waals surface area (Å²) < 4.78 is 0. The van der Waals surface area contributed by atoms with Crippen LogP contribution in [0.15, 0.2) is 48.5 Å². The van der Waals surface area contributed by atoms with E-state index in [1.54, 1.807) is 0 Å². The van der Waals surface area contributed by atoms with Crippen molar-refractivity contribution in [2.75, 3.05) is 0 Å². The molecule has 4 aromatic rings. The summed E-state index contributed by atoms with van der Waals surface area (Å²) in [5.74, 6) is 0. The maximum absolute atomic E-state index is 4.88. The number of nitrogens with zero attached hydrogens (tertiary/aromatic N) is 2. The van der Waals surface area contributed by atoms with Gasteiger partial charge in [0.2, 0.25) is 0 Å². The topological polar surface area (TPSA) is 41.6 Å². The van der Waals surface area contributed by atoms with Crippen LogP contribution in [0.4, 0.5) is 0 Å². The predicted molar refractivity (Wildman–Crippen MR) is 86.3 cm³/mol. The highest BCUT2D eigenvalue weighted by molar-refractivity contribution is 6.11. The maximum atomic E-state index is 4.88. The van der Waals surface area contributed by atoms with E-state index >= 15 is 0 Å². The van der Waals surface area contributed by atoms with Gasteiger partial charge in [-0.2, -0.15) is 5.10 Å². The number of aromatic amines is 1. The first-order valence-electron chi connectivity index (χ1n) is 7.05. The number of nitrogens with one attached hydrogen (secondary N) is 1. The van der Waals surface area contributed by atoms with Crippen molar-refractivity contribution >= 4 is 21.8 Å². The lowest BCUT2D eigenvalue weighted by Crippen LogP contribution is -1.90. The maximum Gasteiger partial charge on any atom is 0.112 e. The fraction of sp³-hybridized carbons (Fsp3) is 0.111. The molecule has 2 heterocycles. The van der Waals surface area contributed by atoms with Crippen molar-refractivity contribution in [2.24, 2.45) is 0 Å². The molecule has 0 atom stereocenters. The van der Waals surface area contributed by atoms with Gasteiger partial charge in [0.25, 0.3) is 0 Å². The molecule has 21 heavy (non-hydrogen) atoms. The van der Waals surface area contributed by atoms with Crippen LogP contribution in [-0.2, 0) is 0 Å². The lowest BCUT2D eigenvalue weighted by Gasteiger charge is -2.09. The highest BCUT2D eigenvalue weighted by Crippen LogP contribution is 2.33. The third-order valence-electron chi connectivity index (χ3n) is 3.96. The van der Waals surface area contributed by atoms with Crippen molar-refractivity contribution in [1.29, 1.82) is 0 Å². The van der Waals surface area contributed by atoms with E-state index in [2.05, 4.69) is 47.5 Å². The summed E-state index contributed by atoms with van der Waals surface area (Å²) in [7, 11) is 0. The van der Waals surface area contributed by atoms with Crippen LogP contribution in [0.25, 0.3) is 33.1 Å². The number of aromatic nitrogens is 3. The van der Waals surface area contributed by atoms with Crippen molar-refractivity contribution in [3.05, 3.63) is 59.8 Å². The van der Waals surface area contributed by atoms with Crippen LogP contribution < -0.4 is 0 Å². The Morgan fingerprint density at radius 2 is 1.71 bits per heavy atom. The van der Waals surface area contributed by atoms with Gasteiger partial charge in [-0.05, 0) is 19.4 Å². The Hall–Kier alpha value is -2.68. The summed E-state index contributed by atoms with van der Waals surface area (Å²) in [5, 5.41) is 9.85. The molecule has 0 aliphatic rings. The van der Waals surface area contributed by atoms with Gasteiger partial charge in [-0.1, -0.05) is 48.5 Å². The number of hydrogen-bond acceptors (Lipinski definition) is 2. The first-order chi connectivity index (χ1) is 10.3. The molecule has 3 heteroatoms. The second-order valence-corrected chi connectivity index (χ2v) is 5.36. The Kier molecular flexibility index (Phi) is 2.54. The Morgan fingerprint density at radius 1 is 0.905 bits per heavy atom. The smallest absolute Gasteiger partial charge is 0.112 e. The van der Waals surface area contributed by atoms with Crippen LogP contribution >= 0.6 is 0 Å². The number of benzene rings is 2. The minimum atomic E-state index is 0.937. The van der Waals surface area contributed by atoms with E-state index in [1.165, 1.54) is 10.9 Å². The van der Waals surface area contributed by atoms with Gasteiger partial charge in [0.15, 0.2) is 0 Å². The lowest BCUT2D eigenvalue weighted by atomic mass is 9.99. The van der Waals surface area contributed by atoms with E-state index < -0.39 is 0 Å². The molecule has 0 saturated carbocycles. The van der Waals surface area contributed by atoms with Gasteiger partial charge in [0.05, 0.1) is 16.9 Å². The first kappa shape index (κ1) is 12.1. The monoisotopic (exact) mass is 273 g/mol. The average Bonchev–Trinajstić information content (AvgIpc) is 2.89. The molecular formula is C18H15N3. The summed E-state index contributed by atoms with van der Waals surface area (Å²) in [6.45, 7) is 4.12. The van der Waals surface area contributed by atoms with Gasteiger partial charge in [0.1, 0.15) is 5.52 Å². The van der Waals surface area contributed by atoms with Crippen molar-refractivity contribution in [3.63, 3.8) is 0 Å². The number of H-pyrrole nitrogens is 1. The number of pyridine rings is 1. The van der Waals surface area contributed by atoms with E-state index in [9.17, 15) is 0 Å². The number of rotatable bonds is 1. The third kappa shape index (κ3) is 1.74. The fourth-order valence-corrected chi connectivity index (χ4v) is 2.92. The van der Waals surface area contributed by atoms with Crippen LogP contribution in [0.1, 0.15) is 11.3 Å². The summed E-state index contributed by atoms with van der Waals surface area (Å²) >= 11 is 0. The largest absolute Gasteiger partial charge is 0.275 e. The molecule has 2 aromatic carbocycles. The molecule has 0 bridgehead atoms. The highest BCUT2D eigenvalue weighted by Gasteiger charge is 2.14. The van der Waals surface area contributed by atoms with Crippen LogP contribution in [0.2, 0.25) is 0 Å². The van der Waals surface area contributed by atoms with Gasteiger partial charge < -0.3 is 0 Å². The van der Waals surface area contributed by atoms with Gasteiger partial charge in [-0.15, -0.1) is 0 Å². The highest BCUT2D eigenvalue weighted by atomic mass is 15.1. The first-order valence-corrected chi connectivity index (χ1v) is 7.05.